The first-order valence-corrected chi connectivity index (χ1v) is 18.9. The molecule has 0 aromatic heterocycles. The lowest BCUT2D eigenvalue weighted by atomic mass is 10.0. The number of ether oxygens (including phenoxy) is 1. The van der Waals surface area contributed by atoms with Crippen LogP contribution < -0.4 is 21.3 Å². The van der Waals surface area contributed by atoms with Gasteiger partial charge >= 0.3 is 12.0 Å². The third-order valence-electron chi connectivity index (χ3n) is 10.6. The highest BCUT2D eigenvalue weighted by Gasteiger charge is 2.45. The number of amides is 7. The molecule has 5 rings (SSSR count). The molecular formula is C39H49F2N7O8. The summed E-state index contributed by atoms with van der Waals surface area (Å²) >= 11 is 0. The van der Waals surface area contributed by atoms with Gasteiger partial charge in [-0.15, -0.1) is 0 Å². The van der Waals surface area contributed by atoms with Crippen LogP contribution in [0.5, 0.6) is 0 Å². The van der Waals surface area contributed by atoms with E-state index in [9.17, 15) is 42.3 Å². The summed E-state index contributed by atoms with van der Waals surface area (Å²) in [6, 6.07) is 1.48. The zero-order valence-electron chi connectivity index (χ0n) is 32.1. The maximum absolute atomic E-state index is 14.5. The molecule has 3 aliphatic heterocycles. The number of nitrogens with one attached hydrogen (secondary N) is 4. The summed E-state index contributed by atoms with van der Waals surface area (Å²) in [5.74, 6) is -6.12. The van der Waals surface area contributed by atoms with E-state index >= 15 is 0 Å². The number of rotatable bonds is 7. The number of benzene rings is 2. The lowest BCUT2D eigenvalue weighted by Gasteiger charge is -2.36. The predicted molar refractivity (Wildman–Crippen MR) is 199 cm³/mol. The van der Waals surface area contributed by atoms with Crippen molar-refractivity contribution in [3.8, 4) is 0 Å². The van der Waals surface area contributed by atoms with E-state index in [1.54, 1.807) is 12.1 Å². The van der Waals surface area contributed by atoms with E-state index in [0.717, 1.165) is 24.1 Å². The maximum atomic E-state index is 14.5. The molecular weight excluding hydrogens is 732 g/mol. The van der Waals surface area contributed by atoms with Gasteiger partial charge in [-0.3, -0.25) is 24.0 Å². The van der Waals surface area contributed by atoms with Gasteiger partial charge in [0.1, 0.15) is 54.0 Å². The van der Waals surface area contributed by atoms with Crippen molar-refractivity contribution in [3.05, 3.63) is 65.2 Å². The highest BCUT2D eigenvalue weighted by atomic mass is 19.1. The monoisotopic (exact) mass is 781 g/mol. The number of hydrogen-bond acceptors (Lipinski definition) is 8. The molecule has 302 valence electrons. The summed E-state index contributed by atoms with van der Waals surface area (Å²) in [5.41, 5.74) is 1.44. The number of cyclic esters (lactones) is 1. The minimum absolute atomic E-state index is 0.0191. The number of aryl methyl sites for hydroxylation is 1. The zero-order valence-corrected chi connectivity index (χ0v) is 32.1. The molecule has 4 N–H and O–H groups in total. The van der Waals surface area contributed by atoms with Gasteiger partial charge < -0.3 is 40.7 Å². The van der Waals surface area contributed by atoms with Crippen molar-refractivity contribution in [3.63, 3.8) is 0 Å². The van der Waals surface area contributed by atoms with E-state index in [1.165, 1.54) is 42.5 Å². The van der Waals surface area contributed by atoms with Gasteiger partial charge in [-0.25, -0.2) is 18.4 Å². The lowest BCUT2D eigenvalue weighted by Crippen LogP contribution is -2.62. The normalized spacial score (nSPS) is 25.6. The average Bonchev–Trinajstić information content (AvgIpc) is 3.86. The summed E-state index contributed by atoms with van der Waals surface area (Å²) < 4.78 is 34.3. The number of carbonyl (C=O) groups is 7. The average molecular weight is 782 g/mol. The Morgan fingerprint density at radius 3 is 2.09 bits per heavy atom. The number of anilines is 1. The van der Waals surface area contributed by atoms with Gasteiger partial charge in [-0.1, -0.05) is 19.1 Å². The summed E-state index contributed by atoms with van der Waals surface area (Å²) in [4.78, 5) is 99.9. The standard InChI is InChI=1S/C39H49F2N7O8/c1-6-24-11-13-28(14-12-24)43-39(55)44-29(19-25-17-26(40)20-27(41)18-25)34(50)45-32-23(4)56-38(54)31-10-8-16-48(31)35(51)21(2)42-33(49)22(3)46(5)36(52)30-9-7-15-47(30)37(32)53/h11-14,17-18,20-23,29-32H,6-10,15-16,19H2,1-5H3,(H,42,49)(H,45,50)(H2,43,44,55). The Balaban J connectivity index is 1.48. The van der Waals surface area contributed by atoms with Crippen LogP contribution >= 0.6 is 0 Å². The zero-order chi connectivity index (χ0) is 40.8. The molecule has 7 unspecified atom stereocenters. The van der Waals surface area contributed by atoms with Gasteiger partial charge in [0, 0.05) is 38.3 Å². The number of esters is 1. The van der Waals surface area contributed by atoms with Crippen molar-refractivity contribution in [2.75, 3.05) is 25.5 Å². The second kappa shape index (κ2) is 17.9. The summed E-state index contributed by atoms with van der Waals surface area (Å²) in [6.45, 7) is 6.63. The largest absolute Gasteiger partial charge is 0.458 e. The van der Waals surface area contributed by atoms with E-state index in [2.05, 4.69) is 21.3 Å². The van der Waals surface area contributed by atoms with Gasteiger partial charge in [-0.2, -0.15) is 0 Å². The molecule has 3 heterocycles. The molecule has 0 bridgehead atoms. The van der Waals surface area contributed by atoms with Gasteiger partial charge in [0.15, 0.2) is 0 Å². The molecule has 3 saturated heterocycles. The van der Waals surface area contributed by atoms with Crippen molar-refractivity contribution >= 4 is 47.2 Å². The molecule has 17 heteroatoms. The van der Waals surface area contributed by atoms with Gasteiger partial charge in [0.2, 0.25) is 29.5 Å². The Hall–Kier alpha value is -5.61. The van der Waals surface area contributed by atoms with Crippen LogP contribution in [-0.2, 0) is 46.3 Å². The van der Waals surface area contributed by atoms with E-state index in [4.69, 9.17) is 4.74 Å². The number of halogens is 2. The second-order valence-corrected chi connectivity index (χ2v) is 14.5. The van der Waals surface area contributed by atoms with E-state index in [-0.39, 0.29) is 31.5 Å². The molecule has 2 aromatic carbocycles. The van der Waals surface area contributed by atoms with Gasteiger partial charge in [0.25, 0.3) is 0 Å². The van der Waals surface area contributed by atoms with Crippen LogP contribution in [0, 0.1) is 11.6 Å². The Labute approximate surface area is 323 Å². The molecule has 0 radical (unpaired) electrons. The molecule has 7 atom stereocenters. The number of hydrogen-bond donors (Lipinski definition) is 4. The van der Waals surface area contributed by atoms with Crippen molar-refractivity contribution in [1.29, 1.82) is 0 Å². The molecule has 3 aliphatic rings. The SMILES string of the molecule is CCc1ccc(NC(=O)NC(Cc2cc(F)cc(F)c2)C(=O)NC2C(=O)N3CCCC3C(=O)N(C)C(C)C(=O)NC(C)C(=O)N3CCCC3C(=O)OC2C)cc1. The van der Waals surface area contributed by atoms with Crippen molar-refractivity contribution < 1.29 is 47.1 Å². The van der Waals surface area contributed by atoms with Crippen LogP contribution in [0.1, 0.15) is 64.5 Å². The van der Waals surface area contributed by atoms with E-state index in [1.807, 2.05) is 19.1 Å². The van der Waals surface area contributed by atoms with Gasteiger partial charge in [-0.05, 0) is 88.3 Å². The molecule has 0 saturated carbocycles. The fourth-order valence-corrected chi connectivity index (χ4v) is 7.27. The fourth-order valence-electron chi connectivity index (χ4n) is 7.27. The molecule has 3 fully saturated rings. The summed E-state index contributed by atoms with van der Waals surface area (Å²) in [6.07, 6.45) is 0.334. The van der Waals surface area contributed by atoms with Crippen LogP contribution in [0.2, 0.25) is 0 Å². The Morgan fingerprint density at radius 1 is 0.857 bits per heavy atom. The highest BCUT2D eigenvalue weighted by molar-refractivity contribution is 5.98. The third-order valence-corrected chi connectivity index (χ3v) is 10.6. The number of carbonyl (C=O) groups excluding carboxylic acids is 7. The van der Waals surface area contributed by atoms with Crippen molar-refractivity contribution in [1.82, 2.24) is 30.7 Å². The lowest BCUT2D eigenvalue weighted by molar-refractivity contribution is -0.162. The Kier molecular flexibility index (Phi) is 13.3. The van der Waals surface area contributed by atoms with Crippen LogP contribution in [-0.4, -0.2) is 119 Å². The van der Waals surface area contributed by atoms with E-state index in [0.29, 0.717) is 24.6 Å². The fraction of sp³-hybridized carbons (Fsp3) is 0.513. The maximum Gasteiger partial charge on any atom is 0.329 e. The molecule has 56 heavy (non-hydrogen) atoms. The smallest absolute Gasteiger partial charge is 0.329 e. The first-order valence-electron chi connectivity index (χ1n) is 18.9. The third kappa shape index (κ3) is 9.60. The van der Waals surface area contributed by atoms with Crippen LogP contribution in [0.3, 0.4) is 0 Å². The molecule has 15 nitrogen and oxygen atoms in total. The summed E-state index contributed by atoms with van der Waals surface area (Å²) in [7, 11) is 1.41. The minimum atomic E-state index is -1.62. The first kappa shape index (κ1) is 41.6. The number of likely N-dealkylation sites (N-methyl/N-ethyl adjacent to an activating group) is 1. The van der Waals surface area contributed by atoms with Crippen molar-refractivity contribution in [2.24, 2.45) is 0 Å². The second-order valence-electron chi connectivity index (χ2n) is 14.5. The molecule has 2 aromatic rings. The number of urea groups is 1. The quantitative estimate of drug-likeness (QED) is 0.308. The molecule has 7 amide bonds. The van der Waals surface area contributed by atoms with E-state index < -0.39 is 102 Å². The number of fused-ring (bicyclic) bond motifs is 2. The van der Waals surface area contributed by atoms with Crippen molar-refractivity contribution in [2.45, 2.75) is 109 Å². The first-order chi connectivity index (χ1) is 26.6. The predicted octanol–water partition coefficient (Wildman–Crippen LogP) is 2.02. The minimum Gasteiger partial charge on any atom is -0.458 e. The molecule has 0 spiro atoms. The Bertz CT molecular complexity index is 1830. The van der Waals surface area contributed by atoms with Crippen LogP contribution in [0.25, 0.3) is 0 Å². The Morgan fingerprint density at radius 2 is 1.46 bits per heavy atom. The van der Waals surface area contributed by atoms with Gasteiger partial charge in [0.05, 0.1) is 0 Å². The number of nitrogens with zero attached hydrogens (tertiary/aromatic N) is 3. The van der Waals surface area contributed by atoms with Crippen LogP contribution in [0.15, 0.2) is 42.5 Å². The highest BCUT2D eigenvalue weighted by Crippen LogP contribution is 2.25. The van der Waals surface area contributed by atoms with Crippen LogP contribution in [0.4, 0.5) is 19.3 Å². The molecule has 0 aliphatic carbocycles. The topological polar surface area (TPSA) is 187 Å². The summed E-state index contributed by atoms with van der Waals surface area (Å²) in [5, 5.41) is 10.4.